The van der Waals surface area contributed by atoms with Crippen molar-refractivity contribution in [3.8, 4) is 0 Å². The van der Waals surface area contributed by atoms with Gasteiger partial charge in [0.25, 0.3) is 0 Å². The molecular formula is C11H12N2O. The van der Waals surface area contributed by atoms with Gasteiger partial charge in [-0.05, 0) is 23.6 Å². The first-order valence-corrected chi connectivity index (χ1v) is 4.68. The Morgan fingerprint density at radius 2 is 2.43 bits per heavy atom. The fourth-order valence-electron chi connectivity index (χ4n) is 1.54. The monoisotopic (exact) mass is 188 g/mol. The molecule has 0 aliphatic carbocycles. The molecule has 1 unspecified atom stereocenters. The van der Waals surface area contributed by atoms with E-state index in [0.717, 1.165) is 17.3 Å². The van der Waals surface area contributed by atoms with E-state index in [-0.39, 0.29) is 5.92 Å². The van der Waals surface area contributed by atoms with Gasteiger partial charge in [-0.25, -0.2) is 4.98 Å². The van der Waals surface area contributed by atoms with Crippen molar-refractivity contribution in [3.05, 3.63) is 30.1 Å². The standard InChI is InChI=1S/C11H12N2O/c1-8(4-5-14)9-2-3-10-11(6-9)13-7-12-10/h2-3,5-8H,4H2,1H3,(H,12,13). The van der Waals surface area contributed by atoms with E-state index in [4.69, 9.17) is 0 Å². The van der Waals surface area contributed by atoms with Crippen LogP contribution in [0, 0.1) is 0 Å². The van der Waals surface area contributed by atoms with Gasteiger partial charge in [0.15, 0.2) is 0 Å². The number of nitrogens with zero attached hydrogens (tertiary/aromatic N) is 1. The topological polar surface area (TPSA) is 45.8 Å². The highest BCUT2D eigenvalue weighted by atomic mass is 16.1. The van der Waals surface area contributed by atoms with Crippen molar-refractivity contribution >= 4 is 17.3 Å². The number of aldehydes is 1. The minimum atomic E-state index is 0.278. The fraction of sp³-hybridized carbons (Fsp3) is 0.273. The molecule has 72 valence electrons. The van der Waals surface area contributed by atoms with Gasteiger partial charge in [-0.1, -0.05) is 13.0 Å². The molecule has 3 heteroatoms. The highest BCUT2D eigenvalue weighted by Crippen LogP contribution is 2.21. The molecule has 1 aromatic heterocycles. The third-order valence-electron chi connectivity index (χ3n) is 2.46. The van der Waals surface area contributed by atoms with Crippen molar-refractivity contribution in [1.29, 1.82) is 0 Å². The first-order chi connectivity index (χ1) is 6.81. The number of aromatic nitrogens is 2. The Morgan fingerprint density at radius 1 is 1.57 bits per heavy atom. The maximum Gasteiger partial charge on any atom is 0.120 e. The maximum atomic E-state index is 10.4. The molecule has 3 nitrogen and oxygen atoms in total. The molecule has 1 N–H and O–H groups in total. The SMILES string of the molecule is CC(CC=O)c1ccc2nc[nH]c2c1. The van der Waals surface area contributed by atoms with E-state index in [1.165, 1.54) is 5.56 Å². The average Bonchev–Trinajstić information content (AvgIpc) is 2.64. The molecule has 0 fully saturated rings. The summed E-state index contributed by atoms with van der Waals surface area (Å²) >= 11 is 0. The van der Waals surface area contributed by atoms with Crippen molar-refractivity contribution in [2.24, 2.45) is 0 Å². The molecule has 0 saturated carbocycles. The molecule has 0 bridgehead atoms. The molecule has 14 heavy (non-hydrogen) atoms. The Bertz CT molecular complexity index is 447. The summed E-state index contributed by atoms with van der Waals surface area (Å²) in [5.41, 5.74) is 3.17. The molecule has 1 atom stereocenters. The highest BCUT2D eigenvalue weighted by molar-refractivity contribution is 5.75. The molecular weight excluding hydrogens is 176 g/mol. The zero-order valence-electron chi connectivity index (χ0n) is 8.03. The zero-order chi connectivity index (χ0) is 9.97. The lowest BCUT2D eigenvalue weighted by Crippen LogP contribution is -1.93. The van der Waals surface area contributed by atoms with Crippen molar-refractivity contribution in [3.63, 3.8) is 0 Å². The second-order valence-corrected chi connectivity index (χ2v) is 3.48. The Kier molecular flexibility index (Phi) is 2.31. The van der Waals surface area contributed by atoms with Gasteiger partial charge in [0, 0.05) is 6.42 Å². The Hall–Kier alpha value is -1.64. The number of rotatable bonds is 3. The van der Waals surface area contributed by atoms with Crippen molar-refractivity contribution in [2.45, 2.75) is 19.3 Å². The fourth-order valence-corrected chi connectivity index (χ4v) is 1.54. The highest BCUT2D eigenvalue weighted by Gasteiger charge is 2.05. The first kappa shape index (κ1) is 8.94. The maximum absolute atomic E-state index is 10.4. The molecule has 0 aliphatic rings. The lowest BCUT2D eigenvalue weighted by atomic mass is 9.98. The number of hydrogen-bond donors (Lipinski definition) is 1. The molecule has 0 amide bonds. The first-order valence-electron chi connectivity index (χ1n) is 4.68. The number of carbonyl (C=O) groups excluding carboxylic acids is 1. The van der Waals surface area contributed by atoms with Gasteiger partial charge in [-0.3, -0.25) is 0 Å². The number of hydrogen-bond acceptors (Lipinski definition) is 2. The number of aromatic amines is 1. The van der Waals surface area contributed by atoms with Crippen molar-refractivity contribution in [1.82, 2.24) is 9.97 Å². The van der Waals surface area contributed by atoms with E-state index in [1.807, 2.05) is 19.1 Å². The van der Waals surface area contributed by atoms with Crippen LogP contribution in [-0.4, -0.2) is 16.3 Å². The Balaban J connectivity index is 2.38. The largest absolute Gasteiger partial charge is 0.345 e. The number of benzene rings is 1. The molecule has 0 aliphatic heterocycles. The van der Waals surface area contributed by atoms with Crippen LogP contribution >= 0.6 is 0 Å². The minimum Gasteiger partial charge on any atom is -0.345 e. The van der Waals surface area contributed by atoms with E-state index < -0.39 is 0 Å². The number of imidazole rings is 1. The molecule has 1 heterocycles. The summed E-state index contributed by atoms with van der Waals surface area (Å²) in [5, 5.41) is 0. The lowest BCUT2D eigenvalue weighted by Gasteiger charge is -2.07. The second-order valence-electron chi connectivity index (χ2n) is 3.48. The predicted octanol–water partition coefficient (Wildman–Crippen LogP) is 2.26. The van der Waals surface area contributed by atoms with E-state index in [2.05, 4.69) is 16.0 Å². The van der Waals surface area contributed by atoms with Crippen LogP contribution in [0.25, 0.3) is 11.0 Å². The van der Waals surface area contributed by atoms with Gasteiger partial charge in [0.1, 0.15) is 6.29 Å². The molecule has 1 aromatic carbocycles. The summed E-state index contributed by atoms with van der Waals surface area (Å²) in [6.07, 6.45) is 3.21. The van der Waals surface area contributed by atoms with Crippen molar-refractivity contribution < 1.29 is 4.79 Å². The van der Waals surface area contributed by atoms with Crippen molar-refractivity contribution in [2.75, 3.05) is 0 Å². The van der Waals surface area contributed by atoms with Crippen LogP contribution in [0.15, 0.2) is 24.5 Å². The van der Waals surface area contributed by atoms with Crippen LogP contribution in [-0.2, 0) is 4.79 Å². The lowest BCUT2D eigenvalue weighted by molar-refractivity contribution is -0.108. The van der Waals surface area contributed by atoms with Gasteiger partial charge in [-0.15, -0.1) is 0 Å². The van der Waals surface area contributed by atoms with Gasteiger partial charge < -0.3 is 9.78 Å². The third-order valence-corrected chi connectivity index (χ3v) is 2.46. The van der Waals surface area contributed by atoms with Gasteiger partial charge >= 0.3 is 0 Å². The summed E-state index contributed by atoms with van der Waals surface area (Å²) in [6, 6.07) is 6.05. The number of nitrogens with one attached hydrogen (secondary N) is 1. The smallest absolute Gasteiger partial charge is 0.120 e. The molecule has 0 saturated heterocycles. The van der Waals surface area contributed by atoms with Crippen LogP contribution in [0.5, 0.6) is 0 Å². The van der Waals surface area contributed by atoms with Gasteiger partial charge in [0.05, 0.1) is 17.4 Å². The van der Waals surface area contributed by atoms with E-state index in [9.17, 15) is 4.79 Å². The zero-order valence-corrected chi connectivity index (χ0v) is 8.03. The molecule has 2 rings (SSSR count). The second kappa shape index (κ2) is 3.62. The van der Waals surface area contributed by atoms with Gasteiger partial charge in [0.2, 0.25) is 0 Å². The minimum absolute atomic E-state index is 0.278. The predicted molar refractivity (Wildman–Crippen MR) is 55.2 cm³/mol. The average molecular weight is 188 g/mol. The normalized spacial score (nSPS) is 12.9. The van der Waals surface area contributed by atoms with E-state index in [1.54, 1.807) is 6.33 Å². The molecule has 0 radical (unpaired) electrons. The van der Waals surface area contributed by atoms with Crippen LogP contribution < -0.4 is 0 Å². The van der Waals surface area contributed by atoms with Gasteiger partial charge in [-0.2, -0.15) is 0 Å². The summed E-state index contributed by atoms with van der Waals surface area (Å²) < 4.78 is 0. The third kappa shape index (κ3) is 1.53. The summed E-state index contributed by atoms with van der Waals surface area (Å²) in [5.74, 6) is 0.278. The molecule has 0 spiro atoms. The summed E-state index contributed by atoms with van der Waals surface area (Å²) in [7, 11) is 0. The Labute approximate surface area is 82.2 Å². The van der Waals surface area contributed by atoms with Crippen LogP contribution in [0.3, 0.4) is 0 Å². The van der Waals surface area contributed by atoms with Crippen LogP contribution in [0.2, 0.25) is 0 Å². The summed E-state index contributed by atoms with van der Waals surface area (Å²) in [4.78, 5) is 17.6. The number of carbonyl (C=O) groups is 1. The number of fused-ring (bicyclic) bond motifs is 1. The number of H-pyrrole nitrogens is 1. The summed E-state index contributed by atoms with van der Waals surface area (Å²) in [6.45, 7) is 2.05. The quantitative estimate of drug-likeness (QED) is 0.751. The van der Waals surface area contributed by atoms with E-state index >= 15 is 0 Å². The Morgan fingerprint density at radius 3 is 3.21 bits per heavy atom. The van der Waals surface area contributed by atoms with E-state index in [0.29, 0.717) is 6.42 Å². The van der Waals surface area contributed by atoms with Crippen LogP contribution in [0.4, 0.5) is 0 Å². The molecule has 2 aromatic rings. The van der Waals surface area contributed by atoms with Crippen LogP contribution in [0.1, 0.15) is 24.8 Å².